The highest BCUT2D eigenvalue weighted by molar-refractivity contribution is 5.96. The molecule has 2 heterocycles. The number of amides is 3. The molecule has 0 unspecified atom stereocenters. The normalized spacial score (nSPS) is 14.4. The van der Waals surface area contributed by atoms with Crippen LogP contribution in [-0.2, 0) is 13.1 Å². The van der Waals surface area contributed by atoms with Gasteiger partial charge in [-0.25, -0.2) is 9.78 Å². The van der Waals surface area contributed by atoms with Crippen LogP contribution >= 0.6 is 0 Å². The molecule has 1 fully saturated rings. The number of nitrogens with one attached hydrogen (secondary N) is 1. The van der Waals surface area contributed by atoms with E-state index in [0.717, 1.165) is 38.3 Å². The second kappa shape index (κ2) is 9.39. The summed E-state index contributed by atoms with van der Waals surface area (Å²) < 4.78 is 2.00. The van der Waals surface area contributed by atoms with Crippen molar-refractivity contribution in [3.8, 4) is 0 Å². The van der Waals surface area contributed by atoms with Crippen LogP contribution in [-0.4, -0.2) is 51.4 Å². The van der Waals surface area contributed by atoms with Gasteiger partial charge in [-0.2, -0.15) is 0 Å². The lowest BCUT2D eigenvalue weighted by Crippen LogP contribution is -2.33. The number of imidazole rings is 1. The third kappa shape index (κ3) is 4.91. The standard InChI is InChI=1S/C21H29N5O2/c1-3-25-14-11-22-19(25)16-24(2)21(28)23-18-10-8-9-17(15-18)20(27)26-12-6-4-5-7-13-26/h8-11,14-15H,3-7,12-13,16H2,1-2H3,(H,23,28). The molecular formula is C21H29N5O2. The van der Waals surface area contributed by atoms with Gasteiger partial charge < -0.3 is 19.7 Å². The number of likely N-dealkylation sites (tertiary alicyclic amines) is 1. The highest BCUT2D eigenvalue weighted by Crippen LogP contribution is 2.17. The predicted octanol–water partition coefficient (Wildman–Crippen LogP) is 3.58. The largest absolute Gasteiger partial charge is 0.339 e. The molecule has 3 rings (SSSR count). The van der Waals surface area contributed by atoms with E-state index in [1.165, 1.54) is 12.8 Å². The first-order chi connectivity index (χ1) is 13.6. The predicted molar refractivity (Wildman–Crippen MR) is 109 cm³/mol. The molecule has 1 saturated heterocycles. The second-order valence-corrected chi connectivity index (χ2v) is 7.20. The number of carbonyl (C=O) groups is 2. The smallest absolute Gasteiger partial charge is 0.321 e. The third-order valence-corrected chi connectivity index (χ3v) is 5.12. The molecule has 7 nitrogen and oxygen atoms in total. The van der Waals surface area contributed by atoms with Gasteiger partial charge in [0.05, 0.1) is 6.54 Å². The van der Waals surface area contributed by atoms with E-state index < -0.39 is 0 Å². The van der Waals surface area contributed by atoms with Gasteiger partial charge in [-0.1, -0.05) is 18.9 Å². The monoisotopic (exact) mass is 383 g/mol. The van der Waals surface area contributed by atoms with E-state index in [9.17, 15) is 9.59 Å². The van der Waals surface area contributed by atoms with Gasteiger partial charge in [-0.15, -0.1) is 0 Å². The maximum atomic E-state index is 12.8. The molecule has 0 bridgehead atoms. The summed E-state index contributed by atoms with van der Waals surface area (Å²) in [6.45, 7) is 4.88. The summed E-state index contributed by atoms with van der Waals surface area (Å²) >= 11 is 0. The van der Waals surface area contributed by atoms with E-state index >= 15 is 0 Å². The van der Waals surface area contributed by atoms with Crippen LogP contribution in [0.4, 0.5) is 10.5 Å². The zero-order chi connectivity index (χ0) is 19.9. The summed E-state index contributed by atoms with van der Waals surface area (Å²) in [5, 5.41) is 2.88. The Kier molecular flexibility index (Phi) is 6.68. The molecule has 2 aromatic rings. The molecule has 3 amide bonds. The molecule has 0 saturated carbocycles. The Morgan fingerprint density at radius 1 is 1.18 bits per heavy atom. The third-order valence-electron chi connectivity index (χ3n) is 5.12. The number of hydrogen-bond acceptors (Lipinski definition) is 3. The molecule has 150 valence electrons. The van der Waals surface area contributed by atoms with E-state index in [1.807, 2.05) is 34.7 Å². The first-order valence-electron chi connectivity index (χ1n) is 10.00. The van der Waals surface area contributed by atoms with Crippen molar-refractivity contribution in [1.29, 1.82) is 0 Å². The molecule has 1 aromatic carbocycles. The van der Waals surface area contributed by atoms with E-state index in [4.69, 9.17) is 0 Å². The molecule has 1 aromatic heterocycles. The van der Waals surface area contributed by atoms with Crippen LogP contribution in [0.15, 0.2) is 36.7 Å². The fourth-order valence-corrected chi connectivity index (χ4v) is 3.47. The van der Waals surface area contributed by atoms with Crippen LogP contribution in [0.3, 0.4) is 0 Å². The fourth-order valence-electron chi connectivity index (χ4n) is 3.47. The minimum Gasteiger partial charge on any atom is -0.339 e. The number of aromatic nitrogens is 2. The summed E-state index contributed by atoms with van der Waals surface area (Å²) in [7, 11) is 1.73. The van der Waals surface area contributed by atoms with Gasteiger partial charge in [-0.05, 0) is 38.0 Å². The molecule has 1 aliphatic rings. The lowest BCUT2D eigenvalue weighted by atomic mass is 10.1. The quantitative estimate of drug-likeness (QED) is 0.858. The molecule has 0 aliphatic carbocycles. The maximum Gasteiger partial charge on any atom is 0.321 e. The van der Waals surface area contributed by atoms with E-state index in [0.29, 0.717) is 17.8 Å². The zero-order valence-electron chi connectivity index (χ0n) is 16.7. The second-order valence-electron chi connectivity index (χ2n) is 7.20. The van der Waals surface area contributed by atoms with Crippen molar-refractivity contribution in [1.82, 2.24) is 19.4 Å². The fraction of sp³-hybridized carbons (Fsp3) is 0.476. The molecular weight excluding hydrogens is 354 g/mol. The van der Waals surface area contributed by atoms with Gasteiger partial charge in [0.2, 0.25) is 0 Å². The lowest BCUT2D eigenvalue weighted by molar-refractivity contribution is 0.0761. The molecule has 7 heteroatoms. The van der Waals surface area contributed by atoms with Gasteiger partial charge in [-0.3, -0.25) is 4.79 Å². The minimum absolute atomic E-state index is 0.0383. The first-order valence-corrected chi connectivity index (χ1v) is 10.00. The van der Waals surface area contributed by atoms with Crippen LogP contribution in [0.5, 0.6) is 0 Å². The Bertz CT molecular complexity index is 809. The van der Waals surface area contributed by atoms with Crippen molar-refractivity contribution in [3.63, 3.8) is 0 Å². The highest BCUT2D eigenvalue weighted by Gasteiger charge is 2.18. The summed E-state index contributed by atoms with van der Waals surface area (Å²) in [6, 6.07) is 6.95. The molecule has 0 atom stereocenters. The van der Waals surface area contributed by atoms with E-state index in [2.05, 4.69) is 10.3 Å². The summed E-state index contributed by atoms with van der Waals surface area (Å²) in [5.74, 6) is 0.876. The minimum atomic E-state index is -0.231. The van der Waals surface area contributed by atoms with Crippen molar-refractivity contribution >= 4 is 17.6 Å². The Labute approximate surface area is 166 Å². The van der Waals surface area contributed by atoms with Crippen LogP contribution in [0.25, 0.3) is 0 Å². The van der Waals surface area contributed by atoms with Crippen LogP contribution in [0.2, 0.25) is 0 Å². The number of aryl methyl sites for hydroxylation is 1. The van der Waals surface area contributed by atoms with E-state index in [-0.39, 0.29) is 11.9 Å². The van der Waals surface area contributed by atoms with Crippen LogP contribution in [0, 0.1) is 0 Å². The maximum absolute atomic E-state index is 12.8. The Hall–Kier alpha value is -2.83. The van der Waals surface area contributed by atoms with E-state index in [1.54, 1.807) is 30.3 Å². The highest BCUT2D eigenvalue weighted by atomic mass is 16.2. The molecule has 0 spiro atoms. The van der Waals surface area contributed by atoms with Gasteiger partial charge in [0.15, 0.2) is 0 Å². The summed E-state index contributed by atoms with van der Waals surface area (Å²) in [4.78, 5) is 33.2. The number of urea groups is 1. The van der Waals surface area contributed by atoms with Crippen molar-refractivity contribution < 1.29 is 9.59 Å². The number of hydrogen-bond donors (Lipinski definition) is 1. The average Bonchev–Trinajstić information content (AvgIpc) is 2.97. The molecule has 1 aliphatic heterocycles. The Balaban J connectivity index is 1.63. The van der Waals surface area contributed by atoms with Gasteiger partial charge in [0.1, 0.15) is 5.82 Å². The summed E-state index contributed by atoms with van der Waals surface area (Å²) in [5.41, 5.74) is 1.24. The first kappa shape index (κ1) is 19.9. The summed E-state index contributed by atoms with van der Waals surface area (Å²) in [6.07, 6.45) is 8.12. The molecule has 0 radical (unpaired) electrons. The van der Waals surface area contributed by atoms with Crippen molar-refractivity contribution in [2.45, 2.75) is 45.7 Å². The van der Waals surface area contributed by atoms with Crippen LogP contribution < -0.4 is 5.32 Å². The number of nitrogens with zero attached hydrogens (tertiary/aromatic N) is 4. The lowest BCUT2D eigenvalue weighted by Gasteiger charge is -2.21. The number of carbonyl (C=O) groups excluding carboxylic acids is 2. The number of benzene rings is 1. The Morgan fingerprint density at radius 3 is 2.64 bits per heavy atom. The number of rotatable bonds is 5. The topological polar surface area (TPSA) is 70.5 Å². The van der Waals surface area contributed by atoms with Gasteiger partial charge >= 0.3 is 6.03 Å². The number of anilines is 1. The van der Waals surface area contributed by atoms with Crippen molar-refractivity contribution in [3.05, 3.63) is 48.0 Å². The van der Waals surface area contributed by atoms with Crippen molar-refractivity contribution in [2.24, 2.45) is 0 Å². The molecule has 28 heavy (non-hydrogen) atoms. The molecule has 1 N–H and O–H groups in total. The SMILES string of the molecule is CCn1ccnc1CN(C)C(=O)Nc1cccc(C(=O)N2CCCCCC2)c1. The van der Waals surface area contributed by atoms with Crippen LogP contribution in [0.1, 0.15) is 48.8 Å². The van der Waals surface area contributed by atoms with Gasteiger partial charge in [0, 0.05) is 50.3 Å². The van der Waals surface area contributed by atoms with Gasteiger partial charge in [0.25, 0.3) is 5.91 Å². The van der Waals surface area contributed by atoms with Crippen molar-refractivity contribution in [2.75, 3.05) is 25.5 Å². The Morgan fingerprint density at radius 2 is 1.93 bits per heavy atom. The average molecular weight is 383 g/mol. The zero-order valence-corrected chi connectivity index (χ0v) is 16.7.